The van der Waals surface area contributed by atoms with Crippen LogP contribution in [0, 0.1) is 12.3 Å². The summed E-state index contributed by atoms with van der Waals surface area (Å²) in [6, 6.07) is 1.81. The Morgan fingerprint density at radius 1 is 1.44 bits per heavy atom. The van der Waals surface area contributed by atoms with Crippen molar-refractivity contribution in [2.75, 3.05) is 12.4 Å². The van der Waals surface area contributed by atoms with Gasteiger partial charge in [0.05, 0.1) is 18.6 Å². The monoisotopic (exact) mass is 270 g/mol. The second-order valence-corrected chi connectivity index (χ2v) is 5.42. The maximum absolute atomic E-state index is 12.0. The fraction of sp³-hybridized carbons (Fsp3) is 0.538. The lowest BCUT2D eigenvalue weighted by atomic mass is 9.89. The molecule has 0 saturated carbocycles. The van der Waals surface area contributed by atoms with Crippen LogP contribution in [0.1, 0.15) is 26.5 Å². The summed E-state index contributed by atoms with van der Waals surface area (Å²) in [5.41, 5.74) is -1.10. The van der Waals surface area contributed by atoms with Crippen molar-refractivity contribution in [1.29, 1.82) is 0 Å². The maximum atomic E-state index is 12.0. The van der Waals surface area contributed by atoms with Crippen LogP contribution in [-0.4, -0.2) is 24.1 Å². The normalized spacial score (nSPS) is 11.3. The predicted octanol–water partition coefficient (Wildman–Crippen LogP) is 2.84. The highest BCUT2D eigenvalue weighted by Gasteiger charge is 2.36. The molecule has 1 heterocycles. The van der Waals surface area contributed by atoms with E-state index in [0.29, 0.717) is 0 Å². The number of ether oxygens (including phenoxy) is 1. The summed E-state index contributed by atoms with van der Waals surface area (Å²) in [5, 5.41) is 0. The van der Waals surface area contributed by atoms with Crippen molar-refractivity contribution < 1.29 is 18.7 Å². The van der Waals surface area contributed by atoms with Gasteiger partial charge in [0.15, 0.2) is 5.78 Å². The summed E-state index contributed by atoms with van der Waals surface area (Å²) >= 11 is 1.37. The van der Waals surface area contributed by atoms with Crippen molar-refractivity contribution in [3.8, 4) is 0 Å². The highest BCUT2D eigenvalue weighted by molar-refractivity contribution is 8.00. The van der Waals surface area contributed by atoms with Gasteiger partial charge in [-0.05, 0) is 33.8 Å². The van der Waals surface area contributed by atoms with Crippen LogP contribution in [0.4, 0.5) is 0 Å². The number of aryl methyl sites for hydroxylation is 1. The first-order valence-corrected chi connectivity index (χ1v) is 6.75. The molecule has 5 heteroatoms. The van der Waals surface area contributed by atoms with E-state index in [-0.39, 0.29) is 18.1 Å². The lowest BCUT2D eigenvalue weighted by Crippen LogP contribution is -2.36. The largest absolute Gasteiger partial charge is 0.468 e. The van der Waals surface area contributed by atoms with Gasteiger partial charge in [-0.25, -0.2) is 0 Å². The molecule has 0 N–H and O–H groups in total. The van der Waals surface area contributed by atoms with Crippen LogP contribution in [-0.2, 0) is 14.3 Å². The molecule has 0 bridgehead atoms. The molecular weight excluding hydrogens is 252 g/mol. The Morgan fingerprint density at radius 2 is 2.11 bits per heavy atom. The Balaban J connectivity index is 2.60. The molecule has 0 amide bonds. The van der Waals surface area contributed by atoms with Gasteiger partial charge in [-0.3, -0.25) is 9.59 Å². The fourth-order valence-electron chi connectivity index (χ4n) is 1.27. The minimum Gasteiger partial charge on any atom is -0.468 e. The summed E-state index contributed by atoms with van der Waals surface area (Å²) < 4.78 is 10.0. The molecule has 0 aliphatic carbocycles. The van der Waals surface area contributed by atoms with E-state index in [2.05, 4.69) is 0 Å². The van der Waals surface area contributed by atoms with Crippen molar-refractivity contribution in [1.82, 2.24) is 0 Å². The number of furan rings is 1. The average molecular weight is 270 g/mol. The highest BCUT2D eigenvalue weighted by atomic mass is 32.2. The van der Waals surface area contributed by atoms with Crippen molar-refractivity contribution in [3.05, 3.63) is 18.1 Å². The number of Topliss-reactive ketones (excluding diaryl/α,β-unsaturated/α-hetero) is 1. The second kappa shape index (κ2) is 6.09. The Labute approximate surface area is 111 Å². The Kier molecular flexibility index (Phi) is 5.02. The van der Waals surface area contributed by atoms with Gasteiger partial charge >= 0.3 is 5.97 Å². The van der Waals surface area contributed by atoms with Crippen molar-refractivity contribution in [2.24, 2.45) is 5.41 Å². The molecule has 1 aromatic heterocycles. The van der Waals surface area contributed by atoms with Crippen LogP contribution >= 0.6 is 11.8 Å². The lowest BCUT2D eigenvalue weighted by molar-refractivity contribution is -0.157. The highest BCUT2D eigenvalue weighted by Crippen LogP contribution is 2.27. The third-order valence-electron chi connectivity index (χ3n) is 2.65. The number of rotatable bonds is 6. The van der Waals surface area contributed by atoms with Crippen molar-refractivity contribution in [3.63, 3.8) is 0 Å². The van der Waals surface area contributed by atoms with E-state index in [1.165, 1.54) is 11.8 Å². The van der Waals surface area contributed by atoms with E-state index in [0.717, 1.165) is 10.7 Å². The summed E-state index contributed by atoms with van der Waals surface area (Å²) in [6.45, 7) is 7.03. The van der Waals surface area contributed by atoms with Gasteiger partial charge < -0.3 is 9.15 Å². The molecule has 0 aromatic carbocycles. The van der Waals surface area contributed by atoms with Gasteiger partial charge in [0.1, 0.15) is 11.2 Å². The molecule has 0 saturated heterocycles. The molecule has 100 valence electrons. The zero-order chi connectivity index (χ0) is 13.8. The Hall–Kier alpha value is -1.23. The standard InChI is InChI=1S/C13H18O4S/c1-5-16-12(15)13(3,4)11(14)8-18-10-6-7-17-9(10)2/h6-7H,5,8H2,1-4H3. The number of carbonyl (C=O) groups is 2. The van der Waals surface area contributed by atoms with Gasteiger partial charge in [-0.15, -0.1) is 11.8 Å². The maximum Gasteiger partial charge on any atom is 0.319 e. The van der Waals surface area contributed by atoms with Crippen molar-refractivity contribution in [2.45, 2.75) is 32.6 Å². The van der Waals surface area contributed by atoms with Crippen LogP contribution in [0.15, 0.2) is 21.6 Å². The smallest absolute Gasteiger partial charge is 0.319 e. The van der Waals surface area contributed by atoms with E-state index < -0.39 is 11.4 Å². The first-order valence-electron chi connectivity index (χ1n) is 5.77. The van der Waals surface area contributed by atoms with Crippen LogP contribution in [0.3, 0.4) is 0 Å². The summed E-state index contributed by atoms with van der Waals surface area (Å²) in [5.74, 6) is 0.388. The van der Waals surface area contributed by atoms with E-state index in [4.69, 9.17) is 9.15 Å². The first kappa shape index (κ1) is 14.8. The molecule has 1 rings (SSSR count). The van der Waals surface area contributed by atoms with Crippen LogP contribution in [0.2, 0.25) is 0 Å². The second-order valence-electron chi connectivity index (χ2n) is 4.40. The summed E-state index contributed by atoms with van der Waals surface area (Å²) in [4.78, 5) is 24.6. The molecule has 0 atom stereocenters. The molecule has 0 fully saturated rings. The fourth-order valence-corrected chi connectivity index (χ4v) is 2.32. The van der Waals surface area contributed by atoms with E-state index in [9.17, 15) is 9.59 Å². The molecule has 0 spiro atoms. The van der Waals surface area contributed by atoms with Gasteiger partial charge in [0.25, 0.3) is 0 Å². The molecule has 0 unspecified atom stereocenters. The number of hydrogen-bond acceptors (Lipinski definition) is 5. The minimum absolute atomic E-state index is 0.147. The number of ketones is 1. The molecule has 0 aliphatic rings. The average Bonchev–Trinajstić information content (AvgIpc) is 2.72. The number of esters is 1. The molecule has 4 nitrogen and oxygen atoms in total. The molecule has 18 heavy (non-hydrogen) atoms. The minimum atomic E-state index is -1.10. The third-order valence-corrected chi connectivity index (χ3v) is 3.79. The number of hydrogen-bond donors (Lipinski definition) is 0. The lowest BCUT2D eigenvalue weighted by Gasteiger charge is -2.20. The molecular formula is C13H18O4S. The first-order chi connectivity index (χ1) is 8.39. The quantitative estimate of drug-likeness (QED) is 0.452. The third kappa shape index (κ3) is 3.38. The van der Waals surface area contributed by atoms with Crippen LogP contribution in [0.25, 0.3) is 0 Å². The molecule has 0 aliphatic heterocycles. The van der Waals surface area contributed by atoms with E-state index >= 15 is 0 Å². The molecule has 0 radical (unpaired) electrons. The van der Waals surface area contributed by atoms with E-state index in [1.807, 2.05) is 13.0 Å². The summed E-state index contributed by atoms with van der Waals surface area (Å²) in [6.07, 6.45) is 1.58. The molecule has 1 aromatic rings. The van der Waals surface area contributed by atoms with Gasteiger partial charge in [0.2, 0.25) is 0 Å². The Morgan fingerprint density at radius 3 is 2.61 bits per heavy atom. The Bertz CT molecular complexity index is 434. The number of carbonyl (C=O) groups excluding carboxylic acids is 2. The zero-order valence-corrected chi connectivity index (χ0v) is 11.9. The van der Waals surface area contributed by atoms with E-state index in [1.54, 1.807) is 27.0 Å². The zero-order valence-electron chi connectivity index (χ0n) is 11.1. The van der Waals surface area contributed by atoms with Crippen molar-refractivity contribution >= 4 is 23.5 Å². The number of thioether (sulfide) groups is 1. The van der Waals surface area contributed by atoms with Gasteiger partial charge in [0, 0.05) is 4.90 Å². The SMILES string of the molecule is CCOC(=O)C(C)(C)C(=O)CSc1ccoc1C. The van der Waals surface area contributed by atoms with Gasteiger partial charge in [-0.1, -0.05) is 0 Å². The van der Waals surface area contributed by atoms with Crippen LogP contribution < -0.4 is 0 Å². The van der Waals surface area contributed by atoms with Crippen LogP contribution in [0.5, 0.6) is 0 Å². The van der Waals surface area contributed by atoms with Gasteiger partial charge in [-0.2, -0.15) is 0 Å². The predicted molar refractivity (Wildman–Crippen MR) is 69.6 cm³/mol. The summed E-state index contributed by atoms with van der Waals surface area (Å²) in [7, 11) is 0. The topological polar surface area (TPSA) is 56.5 Å².